The number of hydrogen-bond donors (Lipinski definition) is 2. The third-order valence-corrected chi connectivity index (χ3v) is 4.83. The van der Waals surface area contributed by atoms with Crippen molar-refractivity contribution in [2.75, 3.05) is 6.54 Å². The molecule has 1 aromatic heterocycles. The summed E-state index contributed by atoms with van der Waals surface area (Å²) in [5, 5.41) is 16.8. The predicted molar refractivity (Wildman–Crippen MR) is 77.4 cm³/mol. The lowest BCUT2D eigenvalue weighted by molar-refractivity contribution is -0.133. The van der Waals surface area contributed by atoms with E-state index in [4.69, 9.17) is 0 Å². The van der Waals surface area contributed by atoms with E-state index in [2.05, 4.69) is 5.32 Å². The molecule has 1 unspecified atom stereocenters. The summed E-state index contributed by atoms with van der Waals surface area (Å²) in [5.74, 6) is -0.304. The van der Waals surface area contributed by atoms with Crippen molar-refractivity contribution in [3.63, 3.8) is 0 Å². The number of nitrogens with zero attached hydrogens (tertiary/aromatic N) is 1. The zero-order valence-corrected chi connectivity index (χ0v) is 12.8. The van der Waals surface area contributed by atoms with Gasteiger partial charge in [0.25, 0.3) is 5.91 Å². The zero-order chi connectivity index (χ0) is 15.0. The Morgan fingerprint density at radius 3 is 2.55 bits per heavy atom. The Labute approximate surface area is 122 Å². The molecule has 20 heavy (non-hydrogen) atoms. The highest BCUT2D eigenvalue weighted by atomic mass is 32.1. The lowest BCUT2D eigenvalue weighted by Gasteiger charge is -2.29. The Balaban J connectivity index is 2.26. The molecule has 3 amide bonds. The van der Waals surface area contributed by atoms with Crippen molar-refractivity contribution in [1.82, 2.24) is 10.2 Å². The molecule has 6 heteroatoms. The van der Waals surface area contributed by atoms with Gasteiger partial charge in [-0.1, -0.05) is 13.8 Å². The van der Waals surface area contributed by atoms with Crippen molar-refractivity contribution in [3.8, 4) is 0 Å². The molecule has 0 aromatic carbocycles. The van der Waals surface area contributed by atoms with Crippen molar-refractivity contribution in [1.29, 1.82) is 0 Å². The van der Waals surface area contributed by atoms with Crippen LogP contribution in [-0.2, 0) is 10.3 Å². The van der Waals surface area contributed by atoms with Gasteiger partial charge in [0.1, 0.15) is 5.54 Å². The van der Waals surface area contributed by atoms with Crippen molar-refractivity contribution in [3.05, 3.63) is 22.4 Å². The van der Waals surface area contributed by atoms with Gasteiger partial charge in [0.2, 0.25) is 0 Å². The van der Waals surface area contributed by atoms with Gasteiger partial charge in [0.15, 0.2) is 0 Å². The quantitative estimate of drug-likeness (QED) is 0.817. The van der Waals surface area contributed by atoms with Gasteiger partial charge in [-0.2, -0.15) is 11.3 Å². The van der Waals surface area contributed by atoms with Crippen LogP contribution in [0.3, 0.4) is 0 Å². The Bertz CT molecular complexity index is 510. The molecule has 2 N–H and O–H groups in total. The Hall–Kier alpha value is -1.40. The Kier molecular flexibility index (Phi) is 3.88. The van der Waals surface area contributed by atoms with Crippen LogP contribution < -0.4 is 5.32 Å². The SMILES string of the molecule is CCC(O)(CC)CN1C(=O)NC(C)(c2ccsc2)C1=O. The van der Waals surface area contributed by atoms with Gasteiger partial charge in [-0.15, -0.1) is 0 Å². The number of rotatable bonds is 5. The van der Waals surface area contributed by atoms with Gasteiger partial charge in [-0.25, -0.2) is 4.79 Å². The van der Waals surface area contributed by atoms with Gasteiger partial charge < -0.3 is 10.4 Å². The summed E-state index contributed by atoms with van der Waals surface area (Å²) >= 11 is 1.48. The van der Waals surface area contributed by atoms with Crippen LogP contribution in [0.4, 0.5) is 4.79 Å². The van der Waals surface area contributed by atoms with Crippen LogP contribution >= 0.6 is 11.3 Å². The summed E-state index contributed by atoms with van der Waals surface area (Å²) in [6, 6.07) is 1.39. The van der Waals surface area contributed by atoms with Gasteiger partial charge in [0, 0.05) is 0 Å². The summed E-state index contributed by atoms with van der Waals surface area (Å²) in [4.78, 5) is 25.8. The summed E-state index contributed by atoms with van der Waals surface area (Å²) in [5.41, 5.74) is -1.27. The number of hydrogen-bond acceptors (Lipinski definition) is 4. The second-order valence-electron chi connectivity index (χ2n) is 5.39. The molecule has 2 heterocycles. The van der Waals surface area contributed by atoms with Crippen LogP contribution in [-0.4, -0.2) is 34.1 Å². The van der Waals surface area contributed by atoms with Crippen molar-refractivity contribution in [2.45, 2.75) is 44.8 Å². The Morgan fingerprint density at radius 2 is 2.05 bits per heavy atom. The smallest absolute Gasteiger partial charge is 0.325 e. The van der Waals surface area contributed by atoms with Crippen molar-refractivity contribution in [2.24, 2.45) is 0 Å². The number of thiophene rings is 1. The second-order valence-corrected chi connectivity index (χ2v) is 6.17. The molecule has 1 atom stereocenters. The van der Waals surface area contributed by atoms with E-state index in [0.717, 1.165) is 10.5 Å². The van der Waals surface area contributed by atoms with E-state index >= 15 is 0 Å². The highest BCUT2D eigenvalue weighted by Crippen LogP contribution is 2.31. The van der Waals surface area contributed by atoms with E-state index in [9.17, 15) is 14.7 Å². The fourth-order valence-electron chi connectivity index (χ4n) is 2.35. The molecule has 0 aliphatic carbocycles. The lowest BCUT2D eigenvalue weighted by atomic mass is 9.93. The van der Waals surface area contributed by atoms with Crippen LogP contribution in [0.5, 0.6) is 0 Å². The topological polar surface area (TPSA) is 69.6 Å². The minimum atomic E-state index is -1.03. The van der Waals surface area contributed by atoms with E-state index in [1.165, 1.54) is 11.3 Å². The normalized spacial score (nSPS) is 23.3. The van der Waals surface area contributed by atoms with E-state index in [0.29, 0.717) is 12.8 Å². The van der Waals surface area contributed by atoms with E-state index in [-0.39, 0.29) is 12.5 Å². The molecule has 0 saturated carbocycles. The molecule has 1 aliphatic rings. The van der Waals surface area contributed by atoms with Crippen molar-refractivity contribution < 1.29 is 14.7 Å². The molecule has 2 rings (SSSR count). The van der Waals surface area contributed by atoms with Crippen LogP contribution in [0.25, 0.3) is 0 Å². The third-order valence-electron chi connectivity index (χ3n) is 4.14. The second kappa shape index (κ2) is 5.18. The maximum absolute atomic E-state index is 12.6. The monoisotopic (exact) mass is 296 g/mol. The molecular weight excluding hydrogens is 276 g/mol. The van der Waals surface area contributed by atoms with E-state index in [1.54, 1.807) is 6.92 Å². The molecule has 0 bridgehead atoms. The fourth-order valence-corrected chi connectivity index (χ4v) is 3.12. The number of amides is 3. The van der Waals surface area contributed by atoms with Gasteiger partial charge in [-0.05, 0) is 42.2 Å². The molecule has 0 spiro atoms. The maximum Gasteiger partial charge on any atom is 0.325 e. The average Bonchev–Trinajstić information content (AvgIpc) is 3.03. The number of carbonyl (C=O) groups excluding carboxylic acids is 2. The van der Waals surface area contributed by atoms with Crippen LogP contribution in [0.1, 0.15) is 39.2 Å². The number of imide groups is 1. The molecule has 0 radical (unpaired) electrons. The molecule has 1 aromatic rings. The van der Waals surface area contributed by atoms with Gasteiger partial charge in [0.05, 0.1) is 12.1 Å². The fraction of sp³-hybridized carbons (Fsp3) is 0.571. The number of nitrogens with one attached hydrogen (secondary N) is 1. The largest absolute Gasteiger partial charge is 0.388 e. The predicted octanol–water partition coefficient (Wildman–Crippen LogP) is 2.07. The number of β-amino-alcohol motifs (C(OH)–C–C–N with tert-alkyl or cyclic N) is 1. The molecule has 1 saturated heterocycles. The summed E-state index contributed by atoms with van der Waals surface area (Å²) in [7, 11) is 0. The van der Waals surface area contributed by atoms with Crippen molar-refractivity contribution >= 4 is 23.3 Å². The summed E-state index contributed by atoms with van der Waals surface area (Å²) in [6.07, 6.45) is 0.992. The standard InChI is InChI=1S/C14H20N2O3S/c1-4-14(19,5-2)9-16-11(17)13(3,15-12(16)18)10-6-7-20-8-10/h6-8,19H,4-5,9H2,1-3H3,(H,15,18). The zero-order valence-electron chi connectivity index (χ0n) is 12.0. The maximum atomic E-state index is 12.6. The molecule has 1 aliphatic heterocycles. The van der Waals surface area contributed by atoms with Crippen LogP contribution in [0.15, 0.2) is 16.8 Å². The minimum Gasteiger partial charge on any atom is -0.388 e. The summed E-state index contributed by atoms with van der Waals surface area (Å²) in [6.45, 7) is 5.43. The minimum absolute atomic E-state index is 0.0321. The molecule has 110 valence electrons. The number of carbonyl (C=O) groups is 2. The lowest BCUT2D eigenvalue weighted by Crippen LogP contribution is -2.46. The Morgan fingerprint density at radius 1 is 1.40 bits per heavy atom. The first-order valence-electron chi connectivity index (χ1n) is 6.75. The highest BCUT2D eigenvalue weighted by Gasteiger charge is 2.50. The number of urea groups is 1. The first kappa shape index (κ1) is 15.0. The summed E-state index contributed by atoms with van der Waals surface area (Å²) < 4.78 is 0. The van der Waals surface area contributed by atoms with Crippen LogP contribution in [0, 0.1) is 0 Å². The molecule has 5 nitrogen and oxygen atoms in total. The van der Waals surface area contributed by atoms with Gasteiger partial charge >= 0.3 is 6.03 Å². The first-order chi connectivity index (χ1) is 9.36. The van der Waals surface area contributed by atoms with E-state index < -0.39 is 17.2 Å². The highest BCUT2D eigenvalue weighted by molar-refractivity contribution is 7.08. The average molecular weight is 296 g/mol. The van der Waals surface area contributed by atoms with Crippen LogP contribution in [0.2, 0.25) is 0 Å². The number of aliphatic hydroxyl groups is 1. The first-order valence-corrected chi connectivity index (χ1v) is 7.70. The van der Waals surface area contributed by atoms with Gasteiger partial charge in [-0.3, -0.25) is 9.69 Å². The molecule has 1 fully saturated rings. The van der Waals surface area contributed by atoms with E-state index in [1.807, 2.05) is 30.7 Å². The third kappa shape index (κ3) is 2.33. The molecular formula is C14H20N2O3S.